The van der Waals surface area contributed by atoms with Gasteiger partial charge in [-0.25, -0.2) is 0 Å². The molecule has 0 saturated heterocycles. The largest absolute Gasteiger partial charge is 0.486 e. The molecule has 0 aromatic heterocycles. The Morgan fingerprint density at radius 2 is 1.04 bits per heavy atom. The molecule has 4 atom stereocenters. The van der Waals surface area contributed by atoms with Crippen LogP contribution in [0.3, 0.4) is 0 Å². The van der Waals surface area contributed by atoms with Gasteiger partial charge in [0.2, 0.25) is 0 Å². The molecule has 3 aliphatic rings. The molecule has 0 amide bonds. The van der Waals surface area contributed by atoms with Crippen molar-refractivity contribution in [3.05, 3.63) is 59.7 Å². The summed E-state index contributed by atoms with van der Waals surface area (Å²) >= 11 is 0. The third kappa shape index (κ3) is 1.74. The molecule has 0 N–H and O–H groups in total. The molecule has 1 aliphatic carbocycles. The molecule has 2 aliphatic heterocycles. The van der Waals surface area contributed by atoms with Crippen LogP contribution in [0.2, 0.25) is 0 Å². The summed E-state index contributed by atoms with van der Waals surface area (Å²) in [5, 5.41) is 0. The highest BCUT2D eigenvalue weighted by atomic mass is 16.5. The van der Waals surface area contributed by atoms with Crippen LogP contribution in [-0.4, -0.2) is 24.8 Å². The van der Waals surface area contributed by atoms with E-state index in [1.165, 1.54) is 0 Å². The molecule has 4 nitrogen and oxygen atoms in total. The lowest BCUT2D eigenvalue weighted by molar-refractivity contribution is -0.142. The summed E-state index contributed by atoms with van der Waals surface area (Å²) in [5.41, 5.74) is 2.05. The van der Waals surface area contributed by atoms with Gasteiger partial charge in [0.1, 0.15) is 24.7 Å². The molecule has 120 valence electrons. The number of carbonyl (C=O) groups excluding carboxylic acids is 2. The fourth-order valence-corrected chi connectivity index (χ4v) is 4.59. The van der Waals surface area contributed by atoms with E-state index < -0.39 is 0 Å². The van der Waals surface area contributed by atoms with Gasteiger partial charge in [0, 0.05) is 23.7 Å². The number of hydrogen-bond acceptors (Lipinski definition) is 4. The van der Waals surface area contributed by atoms with Crippen molar-refractivity contribution in [2.24, 2.45) is 11.8 Å². The van der Waals surface area contributed by atoms with Gasteiger partial charge in [0.25, 0.3) is 0 Å². The van der Waals surface area contributed by atoms with Crippen molar-refractivity contribution in [1.29, 1.82) is 0 Å². The van der Waals surface area contributed by atoms with Crippen LogP contribution in [0.5, 0.6) is 11.5 Å². The van der Waals surface area contributed by atoms with Crippen molar-refractivity contribution in [3.8, 4) is 11.5 Å². The molecule has 0 radical (unpaired) electrons. The van der Waals surface area contributed by atoms with Gasteiger partial charge < -0.3 is 9.47 Å². The molecule has 5 rings (SSSR count). The number of rotatable bonds is 0. The maximum absolute atomic E-state index is 12.7. The molecular formula is C20H16O4. The average Bonchev–Trinajstić information content (AvgIpc) is 2.77. The van der Waals surface area contributed by atoms with Crippen molar-refractivity contribution in [2.45, 2.75) is 11.8 Å². The Morgan fingerprint density at radius 3 is 1.50 bits per heavy atom. The summed E-state index contributed by atoms with van der Waals surface area (Å²) in [4.78, 5) is 25.3. The van der Waals surface area contributed by atoms with Gasteiger partial charge in [0.15, 0.2) is 11.6 Å². The Balaban J connectivity index is 1.71. The number of fused-ring (bicyclic) bond motifs is 8. The summed E-state index contributed by atoms with van der Waals surface area (Å²) in [6.45, 7) is 0.0777. The van der Waals surface area contributed by atoms with Crippen LogP contribution in [0.25, 0.3) is 0 Å². The zero-order chi connectivity index (χ0) is 16.3. The molecular weight excluding hydrogens is 304 g/mol. The van der Waals surface area contributed by atoms with Crippen LogP contribution in [0, 0.1) is 11.8 Å². The molecule has 0 spiro atoms. The molecule has 24 heavy (non-hydrogen) atoms. The Morgan fingerprint density at radius 1 is 0.625 bits per heavy atom. The number of carbonyl (C=O) groups is 2. The molecule has 1 fully saturated rings. The van der Waals surface area contributed by atoms with Crippen LogP contribution in [0.4, 0.5) is 0 Å². The molecule has 2 heterocycles. The van der Waals surface area contributed by atoms with Gasteiger partial charge in [-0.2, -0.15) is 0 Å². The Labute approximate surface area is 139 Å². The van der Waals surface area contributed by atoms with Crippen LogP contribution in [0.15, 0.2) is 48.5 Å². The highest BCUT2D eigenvalue weighted by Crippen LogP contribution is 2.62. The normalized spacial score (nSPS) is 30.2. The standard InChI is InChI=1S/C20H16O4/c21-13-9-23-15-7-3-1-5-11(15)17-18-12-6-2-4-8-16(12)24-10-14(22)20(18)19(13)17/h1-8,17-20H,9-10H2/t17-,18-,19-,20-/m1/s1. The van der Waals surface area contributed by atoms with Crippen molar-refractivity contribution in [2.75, 3.05) is 13.2 Å². The molecule has 2 aromatic rings. The molecule has 0 unspecified atom stereocenters. The SMILES string of the molecule is O=C1COc2ccccc2[C@H]2[C@@H]1[C@@H]1C(=O)COc3ccccc3[C@@H]12. The average molecular weight is 320 g/mol. The number of benzene rings is 2. The van der Waals surface area contributed by atoms with Gasteiger partial charge in [0.05, 0.1) is 0 Å². The number of Topliss-reactive ketones (excluding diaryl/α,β-unsaturated/α-hetero) is 2. The maximum atomic E-state index is 12.7. The van der Waals surface area contributed by atoms with Crippen molar-refractivity contribution in [1.82, 2.24) is 0 Å². The third-order valence-electron chi connectivity index (χ3n) is 5.59. The highest BCUT2D eigenvalue weighted by Gasteiger charge is 2.60. The van der Waals surface area contributed by atoms with E-state index in [1.807, 2.05) is 48.5 Å². The number of ketones is 2. The molecule has 2 aromatic carbocycles. The highest BCUT2D eigenvalue weighted by molar-refractivity contribution is 5.96. The monoisotopic (exact) mass is 320 g/mol. The second-order valence-corrected chi connectivity index (χ2v) is 6.69. The first-order chi connectivity index (χ1) is 11.8. The maximum Gasteiger partial charge on any atom is 0.174 e. The summed E-state index contributed by atoms with van der Waals surface area (Å²) in [7, 11) is 0. The Hall–Kier alpha value is -2.62. The Bertz CT molecular complexity index is 785. The third-order valence-corrected chi connectivity index (χ3v) is 5.59. The zero-order valence-electron chi connectivity index (χ0n) is 13.0. The summed E-state index contributed by atoms with van der Waals surface area (Å²) < 4.78 is 11.4. The first-order valence-electron chi connectivity index (χ1n) is 8.24. The lowest BCUT2D eigenvalue weighted by Crippen LogP contribution is -2.51. The van der Waals surface area contributed by atoms with E-state index in [1.54, 1.807) is 0 Å². The lowest BCUT2D eigenvalue weighted by Gasteiger charge is -2.49. The molecule has 0 bridgehead atoms. The predicted molar refractivity (Wildman–Crippen MR) is 86.4 cm³/mol. The van der Waals surface area contributed by atoms with E-state index in [0.29, 0.717) is 0 Å². The van der Waals surface area contributed by atoms with Gasteiger partial charge in [-0.1, -0.05) is 36.4 Å². The van der Waals surface area contributed by atoms with Crippen LogP contribution >= 0.6 is 0 Å². The van der Waals surface area contributed by atoms with E-state index in [9.17, 15) is 9.59 Å². The van der Waals surface area contributed by atoms with Crippen LogP contribution in [-0.2, 0) is 9.59 Å². The van der Waals surface area contributed by atoms with Crippen LogP contribution < -0.4 is 9.47 Å². The Kier molecular flexibility index (Phi) is 2.84. The van der Waals surface area contributed by atoms with Gasteiger partial charge in [-0.3, -0.25) is 9.59 Å². The second-order valence-electron chi connectivity index (χ2n) is 6.69. The fraction of sp³-hybridized carbons (Fsp3) is 0.300. The van der Waals surface area contributed by atoms with Crippen molar-refractivity contribution in [3.63, 3.8) is 0 Å². The smallest absolute Gasteiger partial charge is 0.174 e. The molecule has 4 heteroatoms. The van der Waals surface area contributed by atoms with E-state index in [2.05, 4.69) is 0 Å². The van der Waals surface area contributed by atoms with E-state index in [-0.39, 0.29) is 48.5 Å². The first-order valence-corrected chi connectivity index (χ1v) is 8.24. The number of hydrogen-bond donors (Lipinski definition) is 0. The topological polar surface area (TPSA) is 52.6 Å². The van der Waals surface area contributed by atoms with Gasteiger partial charge in [-0.15, -0.1) is 0 Å². The lowest BCUT2D eigenvalue weighted by atomic mass is 9.50. The fourth-order valence-electron chi connectivity index (χ4n) is 4.59. The van der Waals surface area contributed by atoms with E-state index in [4.69, 9.17) is 9.47 Å². The zero-order valence-corrected chi connectivity index (χ0v) is 13.0. The number of ether oxygens (including phenoxy) is 2. The van der Waals surface area contributed by atoms with Crippen molar-refractivity contribution < 1.29 is 19.1 Å². The molecule has 1 saturated carbocycles. The van der Waals surface area contributed by atoms with E-state index in [0.717, 1.165) is 22.6 Å². The number of para-hydroxylation sites is 2. The van der Waals surface area contributed by atoms with Gasteiger partial charge >= 0.3 is 0 Å². The minimum atomic E-state index is -0.305. The van der Waals surface area contributed by atoms with Gasteiger partial charge in [-0.05, 0) is 23.3 Å². The quantitative estimate of drug-likeness (QED) is 0.749. The van der Waals surface area contributed by atoms with Crippen molar-refractivity contribution >= 4 is 11.6 Å². The minimum absolute atomic E-state index is 0.0187. The second kappa shape index (κ2) is 4.94. The predicted octanol–water partition coefficient (Wildman–Crippen LogP) is 2.72. The van der Waals surface area contributed by atoms with E-state index >= 15 is 0 Å². The first kappa shape index (κ1) is 13.8. The summed E-state index contributed by atoms with van der Waals surface area (Å²) in [6, 6.07) is 15.6. The summed E-state index contributed by atoms with van der Waals surface area (Å²) in [5.74, 6) is 0.900. The minimum Gasteiger partial charge on any atom is -0.486 e. The van der Waals surface area contributed by atoms with Crippen LogP contribution in [0.1, 0.15) is 23.0 Å². The summed E-state index contributed by atoms with van der Waals surface area (Å²) in [6.07, 6.45) is 0.